The van der Waals surface area contributed by atoms with Gasteiger partial charge in [0.2, 0.25) is 5.13 Å². The summed E-state index contributed by atoms with van der Waals surface area (Å²) in [5.74, 6) is -1.56. The van der Waals surface area contributed by atoms with E-state index in [4.69, 9.17) is 16.3 Å². The van der Waals surface area contributed by atoms with Crippen LogP contribution in [0.5, 0.6) is 11.5 Å². The molecule has 2 aromatic carbocycles. The number of ketones is 1. The standard InChI is InChI=1S/C26H18BrClN4O5S2/c1-37-18-11-15(10-17(27)22(18)34)20-19(21(33)14-6-8-29-9-7-14)23(35)24(36)32(20)25-30-31-26(39-25)38-12-13-2-4-16(28)5-3-13/h2-11,20,33-34H,12H2,1H3/b21-19+. The van der Waals surface area contributed by atoms with Gasteiger partial charge in [-0.15, -0.1) is 10.2 Å². The zero-order valence-corrected chi connectivity index (χ0v) is 24.0. The number of aromatic hydroxyl groups is 1. The van der Waals surface area contributed by atoms with E-state index in [9.17, 15) is 19.8 Å². The quantitative estimate of drug-likeness (QED) is 0.0821. The molecule has 1 saturated heterocycles. The number of aromatic nitrogens is 3. The fourth-order valence-corrected chi connectivity index (χ4v) is 6.41. The van der Waals surface area contributed by atoms with Crippen molar-refractivity contribution < 1.29 is 24.5 Å². The van der Waals surface area contributed by atoms with Gasteiger partial charge >= 0.3 is 5.91 Å². The highest BCUT2D eigenvalue weighted by Crippen LogP contribution is 2.47. The lowest BCUT2D eigenvalue weighted by Gasteiger charge is -2.23. The summed E-state index contributed by atoms with van der Waals surface area (Å²) >= 11 is 11.8. The summed E-state index contributed by atoms with van der Waals surface area (Å²) in [5.41, 5.74) is 1.60. The number of aliphatic hydroxyl groups excluding tert-OH is 1. The third-order valence-electron chi connectivity index (χ3n) is 5.86. The van der Waals surface area contributed by atoms with Crippen LogP contribution in [0.3, 0.4) is 0 Å². The van der Waals surface area contributed by atoms with Crippen LogP contribution in [0.1, 0.15) is 22.7 Å². The number of aliphatic hydroxyl groups is 1. The number of amides is 1. The van der Waals surface area contributed by atoms with Gasteiger partial charge in [-0.25, -0.2) is 0 Å². The van der Waals surface area contributed by atoms with E-state index in [2.05, 4.69) is 31.1 Å². The number of Topliss-reactive ketones (excluding diaryl/α,β-unsaturated/α-hetero) is 1. The van der Waals surface area contributed by atoms with Crippen LogP contribution >= 0.6 is 50.6 Å². The Morgan fingerprint density at radius 3 is 2.56 bits per heavy atom. The second kappa shape index (κ2) is 11.3. The van der Waals surface area contributed by atoms with Gasteiger partial charge < -0.3 is 14.9 Å². The van der Waals surface area contributed by atoms with E-state index in [0.29, 0.717) is 26.2 Å². The first-order valence-corrected chi connectivity index (χ1v) is 14.2. The maximum atomic E-state index is 13.4. The molecule has 0 spiro atoms. The molecule has 13 heteroatoms. The monoisotopic (exact) mass is 644 g/mol. The van der Waals surface area contributed by atoms with Crippen LogP contribution in [-0.4, -0.2) is 44.2 Å². The molecule has 1 unspecified atom stereocenters. The first-order chi connectivity index (χ1) is 18.8. The Morgan fingerprint density at radius 1 is 1.15 bits per heavy atom. The van der Waals surface area contributed by atoms with Crippen molar-refractivity contribution in [2.24, 2.45) is 0 Å². The summed E-state index contributed by atoms with van der Waals surface area (Å²) in [6.45, 7) is 0. The van der Waals surface area contributed by atoms with E-state index in [0.717, 1.165) is 16.9 Å². The number of rotatable bonds is 7. The minimum absolute atomic E-state index is 0.116. The van der Waals surface area contributed by atoms with Gasteiger partial charge in [-0.1, -0.05) is 46.8 Å². The highest BCUT2D eigenvalue weighted by atomic mass is 79.9. The van der Waals surface area contributed by atoms with Crippen LogP contribution in [0.25, 0.3) is 5.76 Å². The maximum absolute atomic E-state index is 13.4. The minimum Gasteiger partial charge on any atom is -0.507 e. The van der Waals surface area contributed by atoms with Crippen molar-refractivity contribution in [2.75, 3.05) is 12.0 Å². The minimum atomic E-state index is -1.08. The van der Waals surface area contributed by atoms with Crippen molar-refractivity contribution in [2.45, 2.75) is 16.1 Å². The number of halogens is 2. The number of hydrogen-bond donors (Lipinski definition) is 2. The largest absolute Gasteiger partial charge is 0.507 e. The van der Waals surface area contributed by atoms with Crippen LogP contribution in [0, 0.1) is 0 Å². The van der Waals surface area contributed by atoms with E-state index in [1.165, 1.54) is 54.4 Å². The molecule has 39 heavy (non-hydrogen) atoms. The molecule has 0 radical (unpaired) electrons. The molecule has 2 aromatic heterocycles. The Kier molecular flexibility index (Phi) is 7.89. The molecular weight excluding hydrogens is 628 g/mol. The van der Waals surface area contributed by atoms with Crippen molar-refractivity contribution in [3.05, 3.63) is 92.7 Å². The van der Waals surface area contributed by atoms with Crippen molar-refractivity contribution in [1.82, 2.24) is 15.2 Å². The third-order valence-corrected chi connectivity index (χ3v) is 8.85. The Balaban J connectivity index is 1.58. The maximum Gasteiger partial charge on any atom is 0.301 e. The first kappa shape index (κ1) is 27.1. The second-order valence-electron chi connectivity index (χ2n) is 8.22. The summed E-state index contributed by atoms with van der Waals surface area (Å²) < 4.78 is 6.16. The SMILES string of the molecule is COc1cc(C2/C(=C(\O)c3ccncc3)C(=O)C(=O)N2c2nnc(SCc3ccc(Cl)cc3)s2)cc(Br)c1O. The molecule has 9 nitrogen and oxygen atoms in total. The van der Waals surface area contributed by atoms with E-state index in [-0.39, 0.29) is 32.4 Å². The number of carbonyl (C=O) groups excluding carboxylic acids is 2. The summed E-state index contributed by atoms with van der Waals surface area (Å²) in [5, 5.41) is 30.8. The Labute approximate surface area is 244 Å². The molecule has 1 amide bonds. The van der Waals surface area contributed by atoms with Crippen LogP contribution in [0.2, 0.25) is 5.02 Å². The molecule has 2 N–H and O–H groups in total. The van der Waals surface area contributed by atoms with E-state index in [1.807, 2.05) is 12.1 Å². The summed E-state index contributed by atoms with van der Waals surface area (Å²) in [7, 11) is 1.38. The lowest BCUT2D eigenvalue weighted by atomic mass is 9.95. The molecule has 1 aliphatic rings. The third kappa shape index (κ3) is 5.37. The number of ether oxygens (including phenoxy) is 1. The van der Waals surface area contributed by atoms with Crippen LogP contribution in [-0.2, 0) is 15.3 Å². The molecule has 198 valence electrons. The molecule has 0 bridgehead atoms. The predicted octanol–water partition coefficient (Wildman–Crippen LogP) is 5.98. The van der Waals surface area contributed by atoms with Crippen LogP contribution in [0.15, 0.2) is 75.3 Å². The molecule has 3 heterocycles. The number of hydrogen-bond acceptors (Lipinski definition) is 10. The number of nitrogens with zero attached hydrogens (tertiary/aromatic N) is 4. The molecule has 1 aliphatic heterocycles. The topological polar surface area (TPSA) is 126 Å². The molecule has 1 atom stereocenters. The van der Waals surface area contributed by atoms with Gasteiger partial charge in [0.15, 0.2) is 15.8 Å². The second-order valence-corrected chi connectivity index (χ2v) is 11.7. The smallest absolute Gasteiger partial charge is 0.301 e. The van der Waals surface area contributed by atoms with Crippen LogP contribution in [0.4, 0.5) is 5.13 Å². The Morgan fingerprint density at radius 2 is 1.87 bits per heavy atom. The lowest BCUT2D eigenvalue weighted by Crippen LogP contribution is -2.29. The number of phenols is 1. The lowest BCUT2D eigenvalue weighted by molar-refractivity contribution is -0.132. The summed E-state index contributed by atoms with van der Waals surface area (Å²) in [6.07, 6.45) is 2.93. The van der Waals surface area contributed by atoms with Gasteiger partial charge in [-0.3, -0.25) is 19.5 Å². The number of carbonyl (C=O) groups is 2. The number of methoxy groups -OCH3 is 1. The van der Waals surface area contributed by atoms with Gasteiger partial charge in [0.25, 0.3) is 5.78 Å². The van der Waals surface area contributed by atoms with E-state index >= 15 is 0 Å². The molecule has 4 aromatic rings. The fraction of sp³-hybridized carbons (Fsp3) is 0.115. The normalized spacial score (nSPS) is 16.6. The highest BCUT2D eigenvalue weighted by Gasteiger charge is 2.48. The fourth-order valence-electron chi connectivity index (χ4n) is 4.00. The molecule has 0 saturated carbocycles. The average molecular weight is 646 g/mol. The number of phenolic OH excluding ortho intramolecular Hbond substituents is 1. The van der Waals surface area contributed by atoms with E-state index in [1.54, 1.807) is 18.2 Å². The van der Waals surface area contributed by atoms with Gasteiger partial charge in [-0.05, 0) is 63.5 Å². The first-order valence-electron chi connectivity index (χ1n) is 11.3. The zero-order valence-electron chi connectivity index (χ0n) is 20.0. The molecule has 1 fully saturated rings. The Bertz CT molecular complexity index is 1600. The van der Waals surface area contributed by atoms with Gasteiger partial charge in [0.05, 0.1) is 23.2 Å². The zero-order chi connectivity index (χ0) is 27.7. The molecule has 5 rings (SSSR count). The van der Waals surface area contributed by atoms with Gasteiger partial charge in [-0.2, -0.15) is 0 Å². The van der Waals surface area contributed by atoms with Gasteiger partial charge in [0, 0.05) is 28.7 Å². The highest BCUT2D eigenvalue weighted by molar-refractivity contribution is 9.10. The van der Waals surface area contributed by atoms with Crippen molar-refractivity contribution in [3.63, 3.8) is 0 Å². The van der Waals surface area contributed by atoms with Gasteiger partial charge in [0.1, 0.15) is 5.76 Å². The summed E-state index contributed by atoms with van der Waals surface area (Å²) in [4.78, 5) is 31.9. The Hall–Kier alpha value is -3.45. The number of benzene rings is 2. The van der Waals surface area contributed by atoms with Crippen molar-refractivity contribution in [3.8, 4) is 11.5 Å². The predicted molar refractivity (Wildman–Crippen MR) is 152 cm³/mol. The van der Waals surface area contributed by atoms with Crippen molar-refractivity contribution in [1.29, 1.82) is 0 Å². The summed E-state index contributed by atoms with van der Waals surface area (Å²) in [6, 6.07) is 12.5. The average Bonchev–Trinajstić information content (AvgIpc) is 3.52. The number of anilines is 1. The van der Waals surface area contributed by atoms with E-state index < -0.39 is 17.7 Å². The number of pyridine rings is 1. The molecule has 0 aliphatic carbocycles. The van der Waals surface area contributed by atoms with Crippen LogP contribution < -0.4 is 9.64 Å². The molecular formula is C26H18BrClN4O5S2. The van der Waals surface area contributed by atoms with Crippen molar-refractivity contribution >= 4 is 73.2 Å². The number of thioether (sulfide) groups is 1.